The third-order valence-electron chi connectivity index (χ3n) is 6.21. The Labute approximate surface area is 220 Å². The minimum Gasteiger partial charge on any atom is -0.359 e. The summed E-state index contributed by atoms with van der Waals surface area (Å²) in [6.07, 6.45) is -3.01. The number of halogens is 3. The maximum Gasteiger partial charge on any atom is 0.416 e. The molecule has 0 spiro atoms. The maximum atomic E-state index is 13.7. The van der Waals surface area contributed by atoms with E-state index >= 15 is 0 Å². The van der Waals surface area contributed by atoms with Gasteiger partial charge in [0.05, 0.1) is 46.0 Å². The molecule has 1 amide bonds. The molecule has 4 aromatic rings. The van der Waals surface area contributed by atoms with Crippen LogP contribution < -0.4 is 16.6 Å². The van der Waals surface area contributed by atoms with Crippen LogP contribution in [0, 0.1) is 18.3 Å². The number of rotatable bonds is 7. The van der Waals surface area contributed by atoms with Gasteiger partial charge in [0, 0.05) is 25.7 Å². The van der Waals surface area contributed by atoms with E-state index < -0.39 is 23.0 Å². The average Bonchev–Trinajstić information content (AvgIpc) is 3.39. The molecule has 0 unspecified atom stereocenters. The minimum absolute atomic E-state index is 0.0400. The number of aromatic nitrogens is 4. The summed E-state index contributed by atoms with van der Waals surface area (Å²) in [5.74, 6) is -0.285. The molecule has 0 saturated carbocycles. The van der Waals surface area contributed by atoms with Gasteiger partial charge in [-0.1, -0.05) is 6.07 Å². The molecular weight excluding hydrogens is 513 g/mol. The molecule has 4 rings (SSSR count). The normalized spacial score (nSPS) is 11.3. The summed E-state index contributed by atoms with van der Waals surface area (Å²) in [7, 11) is 1.46. The number of amides is 1. The van der Waals surface area contributed by atoms with Crippen molar-refractivity contribution in [2.45, 2.75) is 32.5 Å². The van der Waals surface area contributed by atoms with Gasteiger partial charge >= 0.3 is 11.9 Å². The van der Waals surface area contributed by atoms with E-state index in [4.69, 9.17) is 5.26 Å². The van der Waals surface area contributed by atoms with Crippen molar-refractivity contribution in [2.75, 3.05) is 7.05 Å². The zero-order valence-corrected chi connectivity index (χ0v) is 21.0. The summed E-state index contributed by atoms with van der Waals surface area (Å²) in [6, 6.07) is 14.3. The maximum absolute atomic E-state index is 13.7. The highest BCUT2D eigenvalue weighted by molar-refractivity contribution is 5.75. The van der Waals surface area contributed by atoms with Crippen LogP contribution in [0.5, 0.6) is 0 Å². The van der Waals surface area contributed by atoms with Crippen molar-refractivity contribution in [3.05, 3.63) is 98.5 Å². The summed E-state index contributed by atoms with van der Waals surface area (Å²) >= 11 is 0. The fraction of sp³-hybridized carbons (Fsp3) is 0.222. The predicted molar refractivity (Wildman–Crippen MR) is 137 cm³/mol. The number of nitrogens with zero attached hydrogens (tertiary/aromatic N) is 5. The SMILES string of the molecule is CNC(=O)CCCn1c(=O)c(-c2ccnn2-c2ccc(C#N)cc2)c(C)n(-c2cccc(C(F)(F)F)c2)c1=O. The Morgan fingerprint density at radius 2 is 1.79 bits per heavy atom. The Kier molecular flexibility index (Phi) is 7.53. The lowest BCUT2D eigenvalue weighted by atomic mass is 10.1. The Morgan fingerprint density at radius 3 is 2.44 bits per heavy atom. The summed E-state index contributed by atoms with van der Waals surface area (Å²) in [5, 5.41) is 15.9. The van der Waals surface area contributed by atoms with Crippen molar-refractivity contribution in [3.8, 4) is 28.7 Å². The molecule has 0 saturated heterocycles. The van der Waals surface area contributed by atoms with E-state index in [9.17, 15) is 27.6 Å². The highest BCUT2D eigenvalue weighted by atomic mass is 19.4. The molecule has 12 heteroatoms. The highest BCUT2D eigenvalue weighted by Crippen LogP contribution is 2.31. The third-order valence-corrected chi connectivity index (χ3v) is 6.21. The minimum atomic E-state index is -4.65. The molecule has 2 aromatic carbocycles. The first-order valence-electron chi connectivity index (χ1n) is 11.9. The topological polar surface area (TPSA) is 115 Å². The van der Waals surface area contributed by atoms with Gasteiger partial charge in [0.1, 0.15) is 0 Å². The number of benzene rings is 2. The Bertz CT molecular complexity index is 1690. The van der Waals surface area contributed by atoms with Gasteiger partial charge < -0.3 is 5.32 Å². The van der Waals surface area contributed by atoms with Gasteiger partial charge in [0.25, 0.3) is 5.56 Å². The second-order valence-electron chi connectivity index (χ2n) is 8.65. The third kappa shape index (κ3) is 5.38. The predicted octanol–water partition coefficient (Wildman–Crippen LogP) is 3.58. The van der Waals surface area contributed by atoms with Gasteiger partial charge in [-0.3, -0.25) is 18.7 Å². The molecule has 0 radical (unpaired) electrons. The van der Waals surface area contributed by atoms with Crippen LogP contribution in [0.4, 0.5) is 13.2 Å². The second kappa shape index (κ2) is 10.8. The molecule has 0 atom stereocenters. The monoisotopic (exact) mass is 536 g/mol. The van der Waals surface area contributed by atoms with Crippen molar-refractivity contribution in [1.29, 1.82) is 5.26 Å². The lowest BCUT2D eigenvalue weighted by Gasteiger charge is -2.19. The fourth-order valence-corrected chi connectivity index (χ4v) is 4.27. The molecule has 0 aliphatic carbocycles. The molecule has 0 aliphatic rings. The van der Waals surface area contributed by atoms with Gasteiger partial charge in [-0.15, -0.1) is 0 Å². The van der Waals surface area contributed by atoms with Crippen LogP contribution in [0.1, 0.15) is 29.7 Å². The van der Waals surface area contributed by atoms with Crippen LogP contribution in [-0.4, -0.2) is 31.9 Å². The molecule has 0 aliphatic heterocycles. The first-order chi connectivity index (χ1) is 18.6. The molecule has 39 heavy (non-hydrogen) atoms. The van der Waals surface area contributed by atoms with E-state index in [-0.39, 0.29) is 42.2 Å². The molecule has 2 heterocycles. The summed E-state index contributed by atoms with van der Waals surface area (Å²) < 4.78 is 43.9. The van der Waals surface area contributed by atoms with Crippen molar-refractivity contribution < 1.29 is 18.0 Å². The number of hydrogen-bond acceptors (Lipinski definition) is 5. The van der Waals surface area contributed by atoms with Crippen LogP contribution in [-0.2, 0) is 17.5 Å². The van der Waals surface area contributed by atoms with Crippen LogP contribution in [0.2, 0.25) is 0 Å². The zero-order chi connectivity index (χ0) is 28.3. The van der Waals surface area contributed by atoms with E-state index in [0.29, 0.717) is 16.9 Å². The van der Waals surface area contributed by atoms with E-state index in [2.05, 4.69) is 10.4 Å². The second-order valence-corrected chi connectivity index (χ2v) is 8.65. The van der Waals surface area contributed by atoms with E-state index in [1.807, 2.05) is 6.07 Å². The van der Waals surface area contributed by atoms with Gasteiger partial charge in [0.2, 0.25) is 5.91 Å². The van der Waals surface area contributed by atoms with Crippen LogP contribution in [0.3, 0.4) is 0 Å². The Balaban J connectivity index is 1.97. The first-order valence-corrected chi connectivity index (χ1v) is 11.9. The number of alkyl halides is 3. The largest absolute Gasteiger partial charge is 0.416 e. The number of nitrogens with one attached hydrogen (secondary N) is 1. The lowest BCUT2D eigenvalue weighted by molar-refractivity contribution is -0.137. The molecular formula is C27H23F3N6O3. The highest BCUT2D eigenvalue weighted by Gasteiger charge is 2.31. The van der Waals surface area contributed by atoms with Gasteiger partial charge in [-0.25, -0.2) is 9.48 Å². The van der Waals surface area contributed by atoms with E-state index in [1.165, 1.54) is 37.0 Å². The number of carbonyl (C=O) groups is 1. The smallest absolute Gasteiger partial charge is 0.359 e. The number of nitriles is 1. The lowest BCUT2D eigenvalue weighted by Crippen LogP contribution is -2.42. The molecule has 0 bridgehead atoms. The van der Waals surface area contributed by atoms with Crippen molar-refractivity contribution in [3.63, 3.8) is 0 Å². The Morgan fingerprint density at radius 1 is 1.08 bits per heavy atom. The molecule has 0 fully saturated rings. The Hall–Kier alpha value is -4.92. The van der Waals surface area contributed by atoms with Gasteiger partial charge in [-0.05, 0) is 61.9 Å². The standard InChI is InChI=1S/C27H23F3N6O3/c1-17-24(22-12-13-33-36(22)20-10-8-18(16-31)9-11-20)25(38)34(14-4-7-23(37)32-2)26(39)35(17)21-6-3-5-19(15-21)27(28,29)30/h3,5-6,8-13,15H,4,7,14H2,1-2H3,(H,32,37). The van der Waals surface area contributed by atoms with Gasteiger partial charge in [0.15, 0.2) is 0 Å². The molecule has 9 nitrogen and oxygen atoms in total. The van der Waals surface area contributed by atoms with Crippen LogP contribution in [0.25, 0.3) is 22.6 Å². The average molecular weight is 537 g/mol. The van der Waals surface area contributed by atoms with Crippen LogP contribution >= 0.6 is 0 Å². The summed E-state index contributed by atoms with van der Waals surface area (Å²) in [6.45, 7) is 1.34. The molecule has 1 N–H and O–H groups in total. The quantitative estimate of drug-likeness (QED) is 0.388. The number of carbonyl (C=O) groups excluding carboxylic acids is 1. The van der Waals surface area contributed by atoms with Gasteiger partial charge in [-0.2, -0.15) is 23.5 Å². The van der Waals surface area contributed by atoms with Crippen molar-refractivity contribution in [2.24, 2.45) is 0 Å². The van der Waals surface area contributed by atoms with Crippen molar-refractivity contribution in [1.82, 2.24) is 24.2 Å². The number of hydrogen-bond donors (Lipinski definition) is 1. The zero-order valence-electron chi connectivity index (χ0n) is 21.0. The first kappa shape index (κ1) is 27.1. The molecule has 2 aromatic heterocycles. The van der Waals surface area contributed by atoms with E-state index in [1.54, 1.807) is 30.3 Å². The van der Waals surface area contributed by atoms with Crippen LogP contribution in [0.15, 0.2) is 70.4 Å². The van der Waals surface area contributed by atoms with E-state index in [0.717, 1.165) is 21.3 Å². The fourth-order valence-electron chi connectivity index (χ4n) is 4.27. The molecule has 200 valence electrons. The summed E-state index contributed by atoms with van der Waals surface area (Å²) in [4.78, 5) is 39.0. The summed E-state index contributed by atoms with van der Waals surface area (Å²) in [5.41, 5.74) is -1.13. The van der Waals surface area contributed by atoms with Crippen molar-refractivity contribution >= 4 is 5.91 Å².